The zero-order valence-electron chi connectivity index (χ0n) is 13.6. The second-order valence-corrected chi connectivity index (χ2v) is 5.16. The average Bonchev–Trinajstić information content (AvgIpc) is 2.48. The molecule has 0 spiro atoms. The Kier molecular flexibility index (Phi) is 7.67. The molecule has 0 saturated carbocycles. The summed E-state index contributed by atoms with van der Waals surface area (Å²) in [6, 6.07) is 0.308. The van der Waals surface area contributed by atoms with Gasteiger partial charge in [-0.25, -0.2) is 0 Å². The van der Waals surface area contributed by atoms with Gasteiger partial charge in [0.1, 0.15) is 0 Å². The van der Waals surface area contributed by atoms with Gasteiger partial charge in [0, 0.05) is 32.8 Å². The molecule has 1 rings (SSSR count). The number of nitrogens with zero attached hydrogens (tertiary/aromatic N) is 5. The fourth-order valence-corrected chi connectivity index (χ4v) is 2.18. The van der Waals surface area contributed by atoms with Crippen LogP contribution in [-0.4, -0.2) is 54.3 Å². The largest absolute Gasteiger partial charge is 0.383 e. The van der Waals surface area contributed by atoms with Gasteiger partial charge in [0.2, 0.25) is 17.2 Å². The third-order valence-electron chi connectivity index (χ3n) is 3.55. The summed E-state index contributed by atoms with van der Waals surface area (Å²) in [5.74, 6) is 1.24. The standard InChI is InChI=1S/C14H26ClN5O/c1-6-11(4)20(9-10-21-5)14-17-12(15)16-13(18-14)19(7-2)8-3/h11H,6-10H2,1-5H3. The normalized spacial score (nSPS) is 12.3. The third-order valence-corrected chi connectivity index (χ3v) is 3.72. The van der Waals surface area contributed by atoms with Gasteiger partial charge in [0.25, 0.3) is 0 Å². The highest BCUT2D eigenvalue weighted by atomic mass is 35.5. The summed E-state index contributed by atoms with van der Waals surface area (Å²) in [7, 11) is 1.69. The van der Waals surface area contributed by atoms with Crippen molar-refractivity contribution < 1.29 is 4.74 Å². The van der Waals surface area contributed by atoms with Crippen molar-refractivity contribution in [3.63, 3.8) is 0 Å². The molecule has 0 aliphatic rings. The van der Waals surface area contributed by atoms with Crippen LogP contribution in [0.15, 0.2) is 0 Å². The van der Waals surface area contributed by atoms with Crippen molar-refractivity contribution in [1.82, 2.24) is 15.0 Å². The predicted octanol–water partition coefficient (Wildman–Crippen LogP) is 2.62. The predicted molar refractivity (Wildman–Crippen MR) is 87.4 cm³/mol. The Morgan fingerprint density at radius 1 is 1.10 bits per heavy atom. The topological polar surface area (TPSA) is 54.4 Å². The van der Waals surface area contributed by atoms with Crippen molar-refractivity contribution in [2.24, 2.45) is 0 Å². The maximum Gasteiger partial charge on any atom is 0.231 e. The molecule has 1 aromatic heterocycles. The van der Waals surface area contributed by atoms with E-state index in [1.54, 1.807) is 7.11 Å². The Morgan fingerprint density at radius 3 is 2.24 bits per heavy atom. The molecule has 21 heavy (non-hydrogen) atoms. The van der Waals surface area contributed by atoms with Gasteiger partial charge in [-0.05, 0) is 38.8 Å². The van der Waals surface area contributed by atoms with Crippen molar-refractivity contribution in [2.45, 2.75) is 40.2 Å². The summed E-state index contributed by atoms with van der Waals surface area (Å²) in [4.78, 5) is 17.3. The molecule has 0 amide bonds. The number of aromatic nitrogens is 3. The van der Waals surface area contributed by atoms with Gasteiger partial charge < -0.3 is 14.5 Å². The molecule has 0 fully saturated rings. The molecule has 1 unspecified atom stereocenters. The molecule has 0 bridgehead atoms. The van der Waals surface area contributed by atoms with E-state index in [1.807, 2.05) is 0 Å². The quantitative estimate of drug-likeness (QED) is 0.698. The van der Waals surface area contributed by atoms with Crippen LogP contribution in [0.1, 0.15) is 34.1 Å². The molecule has 1 aromatic rings. The molecular formula is C14H26ClN5O. The number of hydrogen-bond donors (Lipinski definition) is 0. The Bertz CT molecular complexity index is 428. The van der Waals surface area contributed by atoms with Gasteiger partial charge in [-0.1, -0.05) is 6.92 Å². The zero-order chi connectivity index (χ0) is 15.8. The molecule has 1 heterocycles. The lowest BCUT2D eigenvalue weighted by Gasteiger charge is -2.29. The van der Waals surface area contributed by atoms with Gasteiger partial charge in [-0.15, -0.1) is 0 Å². The van der Waals surface area contributed by atoms with E-state index < -0.39 is 0 Å². The third kappa shape index (κ3) is 4.97. The van der Waals surface area contributed by atoms with E-state index >= 15 is 0 Å². The molecule has 0 aliphatic heterocycles. The lowest BCUT2D eigenvalue weighted by Crippen LogP contribution is -2.37. The first kappa shape index (κ1) is 17.9. The van der Waals surface area contributed by atoms with Crippen LogP contribution >= 0.6 is 11.6 Å². The van der Waals surface area contributed by atoms with Gasteiger partial charge in [0.05, 0.1) is 6.61 Å². The molecule has 0 saturated heterocycles. The molecule has 0 aromatic carbocycles. The maximum atomic E-state index is 6.09. The van der Waals surface area contributed by atoms with Crippen LogP contribution in [-0.2, 0) is 4.74 Å². The smallest absolute Gasteiger partial charge is 0.231 e. The Balaban J connectivity index is 3.12. The van der Waals surface area contributed by atoms with Gasteiger partial charge in [-0.3, -0.25) is 0 Å². The second-order valence-electron chi connectivity index (χ2n) is 4.82. The van der Waals surface area contributed by atoms with Crippen LogP contribution in [0.25, 0.3) is 0 Å². The first-order valence-electron chi connectivity index (χ1n) is 7.49. The van der Waals surface area contributed by atoms with Crippen molar-refractivity contribution in [1.29, 1.82) is 0 Å². The summed E-state index contributed by atoms with van der Waals surface area (Å²) in [5, 5.41) is 0.229. The Hall–Kier alpha value is -1.14. The Labute approximate surface area is 132 Å². The number of methoxy groups -OCH3 is 1. The van der Waals surface area contributed by atoms with E-state index in [0.717, 1.165) is 26.1 Å². The van der Waals surface area contributed by atoms with Crippen LogP contribution in [0.3, 0.4) is 0 Å². The SMILES string of the molecule is CCC(C)N(CCOC)c1nc(Cl)nc(N(CC)CC)n1. The van der Waals surface area contributed by atoms with Gasteiger partial charge in [-0.2, -0.15) is 15.0 Å². The maximum absolute atomic E-state index is 6.09. The van der Waals surface area contributed by atoms with Gasteiger partial charge in [0.15, 0.2) is 0 Å². The van der Waals surface area contributed by atoms with Crippen molar-refractivity contribution >= 4 is 23.5 Å². The van der Waals surface area contributed by atoms with Gasteiger partial charge >= 0.3 is 0 Å². The number of ether oxygens (including phenoxy) is 1. The highest BCUT2D eigenvalue weighted by Crippen LogP contribution is 2.19. The van der Waals surface area contributed by atoms with Crippen molar-refractivity contribution in [2.75, 3.05) is 43.2 Å². The van der Waals surface area contributed by atoms with E-state index in [-0.39, 0.29) is 5.28 Å². The molecule has 0 radical (unpaired) electrons. The fraction of sp³-hybridized carbons (Fsp3) is 0.786. The van der Waals surface area contributed by atoms with Crippen molar-refractivity contribution in [3.8, 4) is 0 Å². The van der Waals surface area contributed by atoms with E-state index in [1.165, 1.54) is 0 Å². The first-order valence-corrected chi connectivity index (χ1v) is 7.87. The van der Waals surface area contributed by atoms with Crippen molar-refractivity contribution in [3.05, 3.63) is 5.28 Å². The number of hydrogen-bond acceptors (Lipinski definition) is 6. The molecular weight excluding hydrogens is 290 g/mol. The minimum atomic E-state index is 0.229. The number of rotatable bonds is 9. The molecule has 0 N–H and O–H groups in total. The molecule has 120 valence electrons. The highest BCUT2D eigenvalue weighted by molar-refractivity contribution is 6.28. The monoisotopic (exact) mass is 315 g/mol. The van der Waals surface area contributed by atoms with E-state index in [0.29, 0.717) is 24.5 Å². The first-order chi connectivity index (χ1) is 10.1. The summed E-state index contributed by atoms with van der Waals surface area (Å²) >= 11 is 6.09. The number of halogens is 1. The fourth-order valence-electron chi connectivity index (χ4n) is 2.03. The van der Waals surface area contributed by atoms with Crippen LogP contribution in [0.4, 0.5) is 11.9 Å². The van der Waals surface area contributed by atoms with E-state index in [2.05, 4.69) is 52.4 Å². The van der Waals surface area contributed by atoms with Crippen LogP contribution in [0.2, 0.25) is 5.28 Å². The molecule has 7 heteroatoms. The molecule has 1 atom stereocenters. The molecule has 6 nitrogen and oxygen atoms in total. The number of anilines is 2. The second kappa shape index (κ2) is 9.00. The highest BCUT2D eigenvalue weighted by Gasteiger charge is 2.19. The summed E-state index contributed by atoms with van der Waals surface area (Å²) < 4.78 is 5.18. The summed E-state index contributed by atoms with van der Waals surface area (Å²) in [6.07, 6.45) is 0.994. The van der Waals surface area contributed by atoms with Crippen LogP contribution < -0.4 is 9.80 Å². The summed E-state index contributed by atoms with van der Waals surface area (Å²) in [5.41, 5.74) is 0. The minimum absolute atomic E-state index is 0.229. The van der Waals surface area contributed by atoms with Crippen LogP contribution in [0, 0.1) is 0 Å². The van der Waals surface area contributed by atoms with Crippen LogP contribution in [0.5, 0.6) is 0 Å². The minimum Gasteiger partial charge on any atom is -0.383 e. The lowest BCUT2D eigenvalue weighted by atomic mass is 10.2. The Morgan fingerprint density at radius 2 is 1.71 bits per heavy atom. The van der Waals surface area contributed by atoms with E-state index in [4.69, 9.17) is 16.3 Å². The zero-order valence-corrected chi connectivity index (χ0v) is 14.4. The average molecular weight is 316 g/mol. The van der Waals surface area contributed by atoms with E-state index in [9.17, 15) is 0 Å². The lowest BCUT2D eigenvalue weighted by molar-refractivity contribution is 0.203. The molecule has 0 aliphatic carbocycles. The summed E-state index contributed by atoms with van der Waals surface area (Å²) in [6.45, 7) is 11.4.